The molecule has 6 heteroatoms. The van der Waals surface area contributed by atoms with Gasteiger partial charge in [0.2, 0.25) is 5.91 Å². The van der Waals surface area contributed by atoms with Gasteiger partial charge in [0.15, 0.2) is 0 Å². The third-order valence-corrected chi connectivity index (χ3v) is 5.68. The number of rotatable bonds is 8. The van der Waals surface area contributed by atoms with Gasteiger partial charge in [-0.05, 0) is 43.5 Å². The molecule has 30 heavy (non-hydrogen) atoms. The molecule has 0 saturated carbocycles. The molecule has 2 aromatic carbocycles. The van der Waals surface area contributed by atoms with Crippen LogP contribution < -0.4 is 10.1 Å². The monoisotopic (exact) mass is 423 g/mol. The predicted molar refractivity (Wildman–Crippen MR) is 120 cm³/mol. The van der Waals surface area contributed by atoms with E-state index in [0.717, 1.165) is 21.8 Å². The van der Waals surface area contributed by atoms with Crippen molar-refractivity contribution in [1.29, 1.82) is 0 Å². The zero-order valence-electron chi connectivity index (χ0n) is 17.4. The molecule has 0 atom stereocenters. The van der Waals surface area contributed by atoms with Crippen LogP contribution in [-0.2, 0) is 9.53 Å². The van der Waals surface area contributed by atoms with Crippen molar-refractivity contribution < 1.29 is 19.1 Å². The first-order valence-corrected chi connectivity index (χ1v) is 10.6. The number of carbonyl (C=O) groups is 2. The summed E-state index contributed by atoms with van der Waals surface area (Å²) in [5.74, 6) is 0.201. The van der Waals surface area contributed by atoms with E-state index in [-0.39, 0.29) is 5.91 Å². The molecule has 156 valence electrons. The van der Waals surface area contributed by atoms with Gasteiger partial charge in [0, 0.05) is 11.3 Å². The number of carbonyl (C=O) groups excluding carboxylic acids is 2. The van der Waals surface area contributed by atoms with Crippen molar-refractivity contribution in [3.05, 3.63) is 71.3 Å². The van der Waals surface area contributed by atoms with E-state index in [1.165, 1.54) is 24.0 Å². The van der Waals surface area contributed by atoms with Crippen LogP contribution >= 0.6 is 11.3 Å². The normalized spacial score (nSPS) is 10.5. The number of hydrogen-bond acceptors (Lipinski definition) is 5. The maximum atomic E-state index is 12.4. The molecule has 0 aliphatic rings. The summed E-state index contributed by atoms with van der Waals surface area (Å²) in [5, 5.41) is 3.36. The smallest absolute Gasteiger partial charge is 0.340 e. The Hall–Kier alpha value is -3.12. The van der Waals surface area contributed by atoms with E-state index in [2.05, 4.69) is 11.4 Å². The van der Waals surface area contributed by atoms with Crippen LogP contribution in [-0.4, -0.2) is 25.6 Å². The largest absolute Gasteiger partial charge is 0.493 e. The Labute approximate surface area is 180 Å². The van der Waals surface area contributed by atoms with Crippen LogP contribution in [0.1, 0.15) is 34.3 Å². The van der Waals surface area contributed by atoms with Gasteiger partial charge in [-0.1, -0.05) is 48.0 Å². The van der Waals surface area contributed by atoms with E-state index in [4.69, 9.17) is 9.47 Å². The molecule has 0 unspecified atom stereocenters. The van der Waals surface area contributed by atoms with Crippen molar-refractivity contribution >= 4 is 28.2 Å². The molecule has 0 fully saturated rings. The van der Waals surface area contributed by atoms with Crippen LogP contribution in [0, 0.1) is 13.8 Å². The lowest BCUT2D eigenvalue weighted by Crippen LogP contribution is -2.14. The lowest BCUT2D eigenvalue weighted by Gasteiger charge is -2.10. The van der Waals surface area contributed by atoms with Crippen LogP contribution in [0.4, 0.5) is 5.00 Å². The molecule has 0 spiro atoms. The number of amides is 1. The maximum absolute atomic E-state index is 12.4. The minimum absolute atomic E-state index is 0.161. The highest BCUT2D eigenvalue weighted by Gasteiger charge is 2.19. The van der Waals surface area contributed by atoms with Gasteiger partial charge < -0.3 is 14.8 Å². The first-order chi connectivity index (χ1) is 14.5. The summed E-state index contributed by atoms with van der Waals surface area (Å²) >= 11 is 1.36. The molecular weight excluding hydrogens is 398 g/mol. The molecule has 0 aliphatic heterocycles. The van der Waals surface area contributed by atoms with Gasteiger partial charge in [-0.25, -0.2) is 4.79 Å². The Kier molecular flexibility index (Phi) is 7.25. The van der Waals surface area contributed by atoms with Gasteiger partial charge in [-0.15, -0.1) is 11.3 Å². The molecule has 5 nitrogen and oxygen atoms in total. The number of hydrogen-bond donors (Lipinski definition) is 1. The zero-order valence-corrected chi connectivity index (χ0v) is 18.2. The number of ether oxygens (including phenoxy) is 2. The quantitative estimate of drug-likeness (QED) is 0.377. The van der Waals surface area contributed by atoms with E-state index in [0.29, 0.717) is 30.0 Å². The summed E-state index contributed by atoms with van der Waals surface area (Å²) < 4.78 is 10.7. The first kappa shape index (κ1) is 21.6. The topological polar surface area (TPSA) is 64.6 Å². The van der Waals surface area contributed by atoms with E-state index in [1.807, 2.05) is 56.3 Å². The van der Waals surface area contributed by atoms with Crippen molar-refractivity contribution in [2.75, 3.05) is 19.0 Å². The lowest BCUT2D eigenvalue weighted by molar-refractivity contribution is -0.116. The molecular formula is C24H25NO4S. The van der Waals surface area contributed by atoms with E-state index in [1.54, 1.807) is 6.07 Å². The van der Waals surface area contributed by atoms with Crippen LogP contribution in [0.5, 0.6) is 5.75 Å². The second-order valence-electron chi connectivity index (χ2n) is 6.98. The van der Waals surface area contributed by atoms with Gasteiger partial charge in [0.25, 0.3) is 0 Å². The lowest BCUT2D eigenvalue weighted by atomic mass is 10.1. The zero-order chi connectivity index (χ0) is 21.5. The fourth-order valence-electron chi connectivity index (χ4n) is 3.06. The fraction of sp³-hybridized carbons (Fsp3) is 0.250. The Bertz CT molecular complexity index is 1030. The first-order valence-electron chi connectivity index (χ1n) is 9.75. The third-order valence-electron chi connectivity index (χ3n) is 4.58. The number of methoxy groups -OCH3 is 1. The minimum atomic E-state index is -0.470. The van der Waals surface area contributed by atoms with Crippen LogP contribution in [0.2, 0.25) is 0 Å². The summed E-state index contributed by atoms with van der Waals surface area (Å²) in [4.78, 5) is 25.5. The van der Waals surface area contributed by atoms with Gasteiger partial charge >= 0.3 is 5.97 Å². The molecule has 0 radical (unpaired) electrons. The van der Waals surface area contributed by atoms with Gasteiger partial charge in [-0.3, -0.25) is 4.79 Å². The minimum Gasteiger partial charge on any atom is -0.493 e. The maximum Gasteiger partial charge on any atom is 0.340 e. The number of aryl methyl sites for hydroxylation is 2. The number of anilines is 1. The Morgan fingerprint density at radius 1 is 1.03 bits per heavy atom. The second kappa shape index (κ2) is 10.1. The van der Waals surface area contributed by atoms with Gasteiger partial charge in [0.1, 0.15) is 10.8 Å². The Morgan fingerprint density at radius 2 is 1.80 bits per heavy atom. The van der Waals surface area contributed by atoms with Crippen molar-refractivity contribution in [2.24, 2.45) is 0 Å². The summed E-state index contributed by atoms with van der Waals surface area (Å²) in [6.07, 6.45) is 0.869. The second-order valence-corrected chi connectivity index (χ2v) is 8.03. The molecule has 1 aromatic heterocycles. The fourth-order valence-corrected chi connectivity index (χ4v) is 4.12. The predicted octanol–water partition coefficient (Wildman–Crippen LogP) is 5.62. The van der Waals surface area contributed by atoms with Crippen LogP contribution in [0.3, 0.4) is 0 Å². The molecule has 1 heterocycles. The summed E-state index contributed by atoms with van der Waals surface area (Å²) in [6, 6.07) is 17.5. The summed E-state index contributed by atoms with van der Waals surface area (Å²) in [6.45, 7) is 4.49. The third kappa shape index (κ3) is 5.48. The average molecular weight is 424 g/mol. The average Bonchev–Trinajstić information content (AvgIpc) is 3.16. The molecule has 0 aliphatic carbocycles. The molecule has 3 rings (SSSR count). The van der Waals surface area contributed by atoms with E-state index < -0.39 is 5.97 Å². The molecule has 1 amide bonds. The summed E-state index contributed by atoms with van der Waals surface area (Å²) in [5.41, 5.74) is 3.61. The number of benzene rings is 2. The molecule has 0 saturated heterocycles. The van der Waals surface area contributed by atoms with Crippen LogP contribution in [0.15, 0.2) is 54.6 Å². The van der Waals surface area contributed by atoms with Crippen molar-refractivity contribution in [3.8, 4) is 16.2 Å². The van der Waals surface area contributed by atoms with Crippen molar-refractivity contribution in [2.45, 2.75) is 26.7 Å². The van der Waals surface area contributed by atoms with Crippen molar-refractivity contribution in [1.82, 2.24) is 0 Å². The number of thiophene rings is 1. The summed E-state index contributed by atoms with van der Waals surface area (Å²) in [7, 11) is 1.33. The Balaban J connectivity index is 1.60. The highest BCUT2D eigenvalue weighted by Crippen LogP contribution is 2.36. The SMILES string of the molecule is COC(=O)c1cc(-c2ccccc2)sc1NC(=O)CCCOc1ccc(C)cc1C. The number of esters is 1. The van der Waals surface area contributed by atoms with Crippen LogP contribution in [0.25, 0.3) is 10.4 Å². The Morgan fingerprint density at radius 3 is 2.50 bits per heavy atom. The molecule has 3 aromatic rings. The standard InChI is InChI=1S/C24H25NO4S/c1-16-11-12-20(17(2)14-16)29-13-7-10-22(26)25-23-19(24(27)28-3)15-21(30-23)18-8-5-4-6-9-18/h4-6,8-9,11-12,14-15H,7,10,13H2,1-3H3,(H,25,26). The molecule has 1 N–H and O–H groups in total. The van der Waals surface area contributed by atoms with E-state index in [9.17, 15) is 9.59 Å². The van der Waals surface area contributed by atoms with Gasteiger partial charge in [-0.2, -0.15) is 0 Å². The van der Waals surface area contributed by atoms with Gasteiger partial charge in [0.05, 0.1) is 19.3 Å². The van der Waals surface area contributed by atoms with Crippen molar-refractivity contribution in [3.63, 3.8) is 0 Å². The number of nitrogens with one attached hydrogen (secondary N) is 1. The molecule has 0 bridgehead atoms. The highest BCUT2D eigenvalue weighted by atomic mass is 32.1. The highest BCUT2D eigenvalue weighted by molar-refractivity contribution is 7.20. The van der Waals surface area contributed by atoms with E-state index >= 15 is 0 Å².